The Morgan fingerprint density at radius 1 is 1.44 bits per heavy atom. The van der Waals surface area contributed by atoms with Crippen molar-refractivity contribution in [1.82, 2.24) is 14.8 Å². The number of hydrogen-bond donors (Lipinski definition) is 1. The van der Waals surface area contributed by atoms with Crippen LogP contribution in [0.15, 0.2) is 24.3 Å². The van der Waals surface area contributed by atoms with Gasteiger partial charge in [-0.1, -0.05) is 12.1 Å². The maximum atomic E-state index is 9.00. The highest BCUT2D eigenvalue weighted by atomic mass is 16.3. The third kappa shape index (κ3) is 1.66. The molecular formula is C11H10N4O. The van der Waals surface area contributed by atoms with Crippen molar-refractivity contribution in [2.75, 3.05) is 0 Å². The van der Waals surface area contributed by atoms with Crippen molar-refractivity contribution in [3.63, 3.8) is 0 Å². The van der Waals surface area contributed by atoms with Gasteiger partial charge >= 0.3 is 0 Å². The first-order valence-electron chi connectivity index (χ1n) is 4.76. The van der Waals surface area contributed by atoms with Gasteiger partial charge in [-0.25, -0.2) is 0 Å². The van der Waals surface area contributed by atoms with Crippen LogP contribution in [-0.4, -0.2) is 19.9 Å². The molecule has 5 nitrogen and oxygen atoms in total. The first-order valence-corrected chi connectivity index (χ1v) is 4.76. The van der Waals surface area contributed by atoms with Crippen molar-refractivity contribution < 1.29 is 5.11 Å². The van der Waals surface area contributed by atoms with Gasteiger partial charge in [-0.2, -0.15) is 5.26 Å². The van der Waals surface area contributed by atoms with E-state index < -0.39 is 0 Å². The Balaban J connectivity index is 2.51. The van der Waals surface area contributed by atoms with Crippen molar-refractivity contribution in [2.45, 2.75) is 6.61 Å². The molecule has 0 saturated heterocycles. The zero-order valence-corrected chi connectivity index (χ0v) is 8.75. The lowest BCUT2D eigenvalue weighted by atomic mass is 10.1. The molecule has 80 valence electrons. The van der Waals surface area contributed by atoms with Gasteiger partial charge in [-0.3, -0.25) is 0 Å². The SMILES string of the molecule is Cn1c(CO)nnc1-c1cccc(C#N)c1. The Kier molecular flexibility index (Phi) is 2.66. The second-order valence-electron chi connectivity index (χ2n) is 3.35. The summed E-state index contributed by atoms with van der Waals surface area (Å²) in [5.74, 6) is 1.14. The Morgan fingerprint density at radius 2 is 2.25 bits per heavy atom. The van der Waals surface area contributed by atoms with Gasteiger partial charge in [0.1, 0.15) is 6.61 Å². The van der Waals surface area contributed by atoms with E-state index in [0.29, 0.717) is 17.2 Å². The van der Waals surface area contributed by atoms with Crippen LogP contribution in [0, 0.1) is 11.3 Å². The molecule has 1 heterocycles. The van der Waals surface area contributed by atoms with Crippen LogP contribution in [-0.2, 0) is 13.7 Å². The highest BCUT2D eigenvalue weighted by Crippen LogP contribution is 2.18. The number of aliphatic hydroxyl groups excluding tert-OH is 1. The molecule has 1 aromatic carbocycles. The van der Waals surface area contributed by atoms with E-state index in [1.807, 2.05) is 6.07 Å². The summed E-state index contributed by atoms with van der Waals surface area (Å²) in [5, 5.41) is 25.6. The highest BCUT2D eigenvalue weighted by Gasteiger charge is 2.09. The summed E-state index contributed by atoms with van der Waals surface area (Å²) in [7, 11) is 1.78. The van der Waals surface area contributed by atoms with Crippen LogP contribution in [0.1, 0.15) is 11.4 Å². The number of hydrogen-bond acceptors (Lipinski definition) is 4. The minimum Gasteiger partial charge on any atom is -0.388 e. The lowest BCUT2D eigenvalue weighted by Gasteiger charge is -2.02. The average Bonchev–Trinajstić information content (AvgIpc) is 2.70. The number of nitrogens with zero attached hydrogens (tertiary/aromatic N) is 4. The van der Waals surface area contributed by atoms with Gasteiger partial charge in [0.15, 0.2) is 11.6 Å². The lowest BCUT2D eigenvalue weighted by molar-refractivity contribution is 0.267. The smallest absolute Gasteiger partial charge is 0.163 e. The van der Waals surface area contributed by atoms with Crippen LogP contribution in [0.2, 0.25) is 0 Å². The summed E-state index contributed by atoms with van der Waals surface area (Å²) >= 11 is 0. The number of nitriles is 1. The van der Waals surface area contributed by atoms with E-state index in [0.717, 1.165) is 5.56 Å². The molecule has 2 aromatic rings. The van der Waals surface area contributed by atoms with Crippen molar-refractivity contribution in [3.05, 3.63) is 35.7 Å². The van der Waals surface area contributed by atoms with Gasteiger partial charge in [0.25, 0.3) is 0 Å². The summed E-state index contributed by atoms with van der Waals surface area (Å²) < 4.78 is 1.70. The van der Waals surface area contributed by atoms with E-state index in [-0.39, 0.29) is 6.61 Å². The second-order valence-corrected chi connectivity index (χ2v) is 3.35. The van der Waals surface area contributed by atoms with Gasteiger partial charge in [-0.05, 0) is 12.1 Å². The molecule has 0 saturated carbocycles. The predicted octanol–water partition coefficient (Wildman–Crippen LogP) is 0.846. The zero-order chi connectivity index (χ0) is 11.5. The van der Waals surface area contributed by atoms with Crippen LogP contribution in [0.3, 0.4) is 0 Å². The standard InChI is InChI=1S/C11H10N4O/c1-15-10(7-16)13-14-11(15)9-4-2-3-8(5-9)6-12/h2-5,16H,7H2,1H3. The molecule has 5 heteroatoms. The molecule has 0 aliphatic carbocycles. The third-order valence-corrected chi connectivity index (χ3v) is 2.36. The lowest BCUT2D eigenvalue weighted by Crippen LogP contribution is -1.99. The van der Waals surface area contributed by atoms with Crippen molar-refractivity contribution in [1.29, 1.82) is 5.26 Å². The van der Waals surface area contributed by atoms with E-state index in [1.54, 1.807) is 29.8 Å². The van der Waals surface area contributed by atoms with E-state index in [2.05, 4.69) is 16.3 Å². The zero-order valence-electron chi connectivity index (χ0n) is 8.75. The second kappa shape index (κ2) is 4.13. The minimum absolute atomic E-state index is 0.151. The van der Waals surface area contributed by atoms with Crippen molar-refractivity contribution in [3.8, 4) is 17.5 Å². The summed E-state index contributed by atoms with van der Waals surface area (Å²) in [6.45, 7) is -0.151. The average molecular weight is 214 g/mol. The number of aromatic nitrogens is 3. The highest BCUT2D eigenvalue weighted by molar-refractivity contribution is 5.58. The predicted molar refractivity (Wildman–Crippen MR) is 57.1 cm³/mol. The molecule has 0 atom stereocenters. The topological polar surface area (TPSA) is 74.7 Å². The monoisotopic (exact) mass is 214 g/mol. The van der Waals surface area contributed by atoms with E-state index in [4.69, 9.17) is 10.4 Å². The van der Waals surface area contributed by atoms with Crippen molar-refractivity contribution >= 4 is 0 Å². The summed E-state index contributed by atoms with van der Waals surface area (Å²) in [6, 6.07) is 9.19. The number of aliphatic hydroxyl groups is 1. The van der Waals surface area contributed by atoms with E-state index in [9.17, 15) is 0 Å². The molecule has 0 fully saturated rings. The molecule has 2 rings (SSSR count). The molecule has 0 bridgehead atoms. The normalized spacial score (nSPS) is 10.1. The summed E-state index contributed by atoms with van der Waals surface area (Å²) in [6.07, 6.45) is 0. The molecule has 1 aromatic heterocycles. The Bertz CT molecular complexity index is 553. The Hall–Kier alpha value is -2.19. The molecule has 0 unspecified atom stereocenters. The van der Waals surface area contributed by atoms with Crippen LogP contribution >= 0.6 is 0 Å². The van der Waals surface area contributed by atoms with Gasteiger partial charge in [0.05, 0.1) is 11.6 Å². The largest absolute Gasteiger partial charge is 0.388 e. The van der Waals surface area contributed by atoms with Gasteiger partial charge in [0.2, 0.25) is 0 Å². The minimum atomic E-state index is -0.151. The summed E-state index contributed by atoms with van der Waals surface area (Å²) in [4.78, 5) is 0. The first-order chi connectivity index (χ1) is 7.76. The molecule has 0 aliphatic rings. The fraction of sp³-hybridized carbons (Fsp3) is 0.182. The summed E-state index contributed by atoms with van der Waals surface area (Å²) in [5.41, 5.74) is 1.39. The number of benzene rings is 1. The Morgan fingerprint density at radius 3 is 2.88 bits per heavy atom. The molecule has 0 radical (unpaired) electrons. The molecule has 0 amide bonds. The molecule has 1 N–H and O–H groups in total. The molecule has 0 spiro atoms. The van der Waals surface area contributed by atoms with E-state index >= 15 is 0 Å². The van der Waals surface area contributed by atoms with Crippen molar-refractivity contribution in [2.24, 2.45) is 7.05 Å². The fourth-order valence-electron chi connectivity index (χ4n) is 1.48. The fourth-order valence-corrected chi connectivity index (χ4v) is 1.48. The first kappa shape index (κ1) is 10.3. The quantitative estimate of drug-likeness (QED) is 0.804. The van der Waals surface area contributed by atoms with Crippen LogP contribution < -0.4 is 0 Å². The maximum Gasteiger partial charge on any atom is 0.163 e. The van der Waals surface area contributed by atoms with Crippen LogP contribution in [0.5, 0.6) is 0 Å². The van der Waals surface area contributed by atoms with Gasteiger partial charge < -0.3 is 9.67 Å². The molecule has 16 heavy (non-hydrogen) atoms. The van der Waals surface area contributed by atoms with E-state index in [1.165, 1.54) is 0 Å². The third-order valence-electron chi connectivity index (χ3n) is 2.36. The van der Waals surface area contributed by atoms with Gasteiger partial charge in [0, 0.05) is 12.6 Å². The maximum absolute atomic E-state index is 9.00. The number of rotatable bonds is 2. The Labute approximate surface area is 92.6 Å². The molecule has 0 aliphatic heterocycles. The van der Waals surface area contributed by atoms with Gasteiger partial charge in [-0.15, -0.1) is 10.2 Å². The van der Waals surface area contributed by atoms with Crippen LogP contribution in [0.4, 0.5) is 0 Å². The van der Waals surface area contributed by atoms with Crippen LogP contribution in [0.25, 0.3) is 11.4 Å². The molecular weight excluding hydrogens is 204 g/mol.